The fourth-order valence-electron chi connectivity index (χ4n) is 3.33. The quantitative estimate of drug-likeness (QED) is 0.236. The lowest BCUT2D eigenvalue weighted by Gasteiger charge is -2.13. The number of nitrogens with zero attached hydrogens (tertiary/aromatic N) is 7. The number of methoxy groups -OCH3 is 1. The summed E-state index contributed by atoms with van der Waals surface area (Å²) in [5.74, 6) is 1.27. The maximum absolute atomic E-state index is 6.66. The molecule has 0 saturated heterocycles. The molecule has 5 aromatic rings. The summed E-state index contributed by atoms with van der Waals surface area (Å²) in [5.41, 5.74) is 4.89. The Morgan fingerprint density at radius 1 is 1.13 bits per heavy atom. The number of hydrogen-bond donors (Lipinski definition) is 0. The number of aryl methyl sites for hydroxylation is 1. The molecular formula is C20H16ClN7OS. The largest absolute Gasteiger partial charge is 0.497 e. The lowest BCUT2D eigenvalue weighted by molar-refractivity contribution is 0.415. The molecule has 4 heterocycles. The third-order valence-corrected chi connectivity index (χ3v) is 5.66. The number of hydrogen-bond acceptors (Lipinski definition) is 7. The monoisotopic (exact) mass is 437 g/mol. The van der Waals surface area contributed by atoms with Crippen molar-refractivity contribution in [3.63, 3.8) is 0 Å². The van der Waals surface area contributed by atoms with E-state index in [9.17, 15) is 0 Å². The molecule has 0 amide bonds. The van der Waals surface area contributed by atoms with Gasteiger partial charge >= 0.3 is 0 Å². The van der Waals surface area contributed by atoms with Gasteiger partial charge in [0.25, 0.3) is 0 Å². The summed E-state index contributed by atoms with van der Waals surface area (Å²) in [6.45, 7) is 2.00. The van der Waals surface area contributed by atoms with Gasteiger partial charge in [-0.1, -0.05) is 28.6 Å². The highest BCUT2D eigenvalue weighted by atomic mass is 35.5. The molecule has 4 aromatic heterocycles. The summed E-state index contributed by atoms with van der Waals surface area (Å²) in [7, 11) is 1.62. The molecule has 1 aromatic carbocycles. The van der Waals surface area contributed by atoms with Gasteiger partial charge in [0.2, 0.25) is 0 Å². The maximum atomic E-state index is 6.66. The number of imidazole rings is 1. The number of aromatic nitrogens is 7. The number of thioether (sulfide) groups is 1. The minimum absolute atomic E-state index is 0.346. The van der Waals surface area contributed by atoms with Crippen LogP contribution in [-0.4, -0.2) is 47.7 Å². The van der Waals surface area contributed by atoms with Crippen LogP contribution in [0, 0.1) is 6.92 Å². The van der Waals surface area contributed by atoms with Crippen molar-refractivity contribution in [3.8, 4) is 22.7 Å². The lowest BCUT2D eigenvalue weighted by Crippen LogP contribution is -2.06. The van der Waals surface area contributed by atoms with Crippen LogP contribution in [0.5, 0.6) is 5.75 Å². The molecule has 0 atom stereocenters. The first kappa shape index (κ1) is 18.8. The highest BCUT2D eigenvalue weighted by Gasteiger charge is 2.20. The molecule has 0 spiro atoms. The van der Waals surface area contributed by atoms with Gasteiger partial charge in [-0.05, 0) is 37.4 Å². The van der Waals surface area contributed by atoms with Gasteiger partial charge in [0, 0.05) is 29.7 Å². The fourth-order valence-corrected chi connectivity index (χ4v) is 4.02. The minimum atomic E-state index is 0.346. The topological polar surface area (TPSA) is 83.0 Å². The average molecular weight is 438 g/mol. The van der Waals surface area contributed by atoms with Crippen LogP contribution in [-0.2, 0) is 0 Å². The Kier molecular flexibility index (Phi) is 4.56. The zero-order valence-corrected chi connectivity index (χ0v) is 17.9. The molecule has 0 fully saturated rings. The zero-order chi connectivity index (χ0) is 20.8. The van der Waals surface area contributed by atoms with E-state index in [1.807, 2.05) is 60.3 Å². The number of halogens is 1. The minimum Gasteiger partial charge on any atom is -0.497 e. The Labute approximate surface area is 180 Å². The highest BCUT2D eigenvalue weighted by molar-refractivity contribution is 7.98. The van der Waals surface area contributed by atoms with E-state index in [1.165, 1.54) is 11.8 Å². The summed E-state index contributed by atoms with van der Waals surface area (Å²) in [6, 6.07) is 9.49. The van der Waals surface area contributed by atoms with Crippen LogP contribution >= 0.6 is 23.4 Å². The molecule has 0 aliphatic rings. The first-order valence-electron chi connectivity index (χ1n) is 9.04. The molecule has 0 unspecified atom stereocenters. The summed E-state index contributed by atoms with van der Waals surface area (Å²) in [5, 5.41) is 9.53. The molecule has 8 nitrogen and oxygen atoms in total. The van der Waals surface area contributed by atoms with Crippen molar-refractivity contribution in [1.29, 1.82) is 0 Å². The van der Waals surface area contributed by atoms with Crippen LogP contribution in [0.3, 0.4) is 0 Å². The van der Waals surface area contributed by atoms with Gasteiger partial charge < -0.3 is 9.14 Å². The first-order valence-corrected chi connectivity index (χ1v) is 10.6. The third-order valence-electron chi connectivity index (χ3n) is 4.84. The van der Waals surface area contributed by atoms with E-state index in [0.717, 1.165) is 22.4 Å². The molecule has 0 aliphatic carbocycles. The summed E-state index contributed by atoms with van der Waals surface area (Å²) in [4.78, 5) is 13.6. The number of ether oxygens (including phenoxy) is 1. The van der Waals surface area contributed by atoms with Crippen molar-refractivity contribution in [2.24, 2.45) is 0 Å². The molecule has 30 heavy (non-hydrogen) atoms. The summed E-state index contributed by atoms with van der Waals surface area (Å²) < 4.78 is 8.98. The molecule has 0 N–H and O–H groups in total. The van der Waals surface area contributed by atoms with Crippen molar-refractivity contribution in [1.82, 2.24) is 34.3 Å². The third kappa shape index (κ3) is 2.98. The molecule has 10 heteroatoms. The van der Waals surface area contributed by atoms with Gasteiger partial charge in [0.15, 0.2) is 11.0 Å². The zero-order valence-electron chi connectivity index (χ0n) is 16.4. The first-order chi connectivity index (χ1) is 14.6. The Bertz CT molecular complexity index is 1410. The highest BCUT2D eigenvalue weighted by Crippen LogP contribution is 2.34. The Morgan fingerprint density at radius 2 is 2.00 bits per heavy atom. The van der Waals surface area contributed by atoms with Gasteiger partial charge in [-0.2, -0.15) is 4.68 Å². The molecule has 0 saturated carbocycles. The van der Waals surface area contributed by atoms with E-state index in [1.54, 1.807) is 11.8 Å². The van der Waals surface area contributed by atoms with Crippen LogP contribution in [0.25, 0.3) is 33.6 Å². The van der Waals surface area contributed by atoms with E-state index in [-0.39, 0.29) is 0 Å². The van der Waals surface area contributed by atoms with Crippen molar-refractivity contribution in [2.45, 2.75) is 12.1 Å². The number of fused-ring (bicyclic) bond motifs is 2. The Hall–Kier alpha value is -3.17. The molecule has 0 radical (unpaired) electrons. The predicted molar refractivity (Wildman–Crippen MR) is 117 cm³/mol. The Balaban J connectivity index is 1.79. The summed E-state index contributed by atoms with van der Waals surface area (Å²) >= 11 is 8.07. The molecule has 0 bridgehead atoms. The summed E-state index contributed by atoms with van der Waals surface area (Å²) in [6.07, 6.45) is 5.71. The maximum Gasteiger partial charge on any atom is 0.190 e. The smallest absolute Gasteiger partial charge is 0.190 e. The van der Waals surface area contributed by atoms with E-state index in [2.05, 4.69) is 20.3 Å². The second kappa shape index (κ2) is 7.26. The van der Waals surface area contributed by atoms with E-state index in [4.69, 9.17) is 21.3 Å². The standard InChI is InChI=1S/C20H16ClN7OS/c1-11-9-22-16-7-4-12(10-27(11)16)17-18(21)23-20(30-3)24-19(17)28-15-6-5-13(29-2)8-14(15)25-26-28/h4-10H,1-3H3. The van der Waals surface area contributed by atoms with E-state index >= 15 is 0 Å². The Morgan fingerprint density at radius 3 is 2.80 bits per heavy atom. The van der Waals surface area contributed by atoms with Crippen molar-refractivity contribution >= 4 is 40.0 Å². The molecule has 5 rings (SSSR count). The van der Waals surface area contributed by atoms with Gasteiger partial charge in [0.05, 0.1) is 18.2 Å². The van der Waals surface area contributed by atoms with Gasteiger partial charge in [-0.3, -0.25) is 0 Å². The van der Waals surface area contributed by atoms with E-state index in [0.29, 0.717) is 33.0 Å². The molecule has 150 valence electrons. The second-order valence-electron chi connectivity index (χ2n) is 6.60. The number of pyridine rings is 1. The van der Waals surface area contributed by atoms with Crippen molar-refractivity contribution in [2.75, 3.05) is 13.4 Å². The average Bonchev–Trinajstić information content (AvgIpc) is 3.35. The fraction of sp³-hybridized carbons (Fsp3) is 0.150. The number of rotatable bonds is 4. The SMILES string of the molecule is COc1ccc2c(c1)nnn2-c1nc(SC)nc(Cl)c1-c1ccc2ncc(C)n2c1. The van der Waals surface area contributed by atoms with Crippen molar-refractivity contribution < 1.29 is 4.74 Å². The van der Waals surface area contributed by atoms with Crippen LogP contribution in [0.15, 0.2) is 47.9 Å². The van der Waals surface area contributed by atoms with Crippen LogP contribution in [0.4, 0.5) is 0 Å². The second-order valence-corrected chi connectivity index (χ2v) is 7.73. The van der Waals surface area contributed by atoms with Crippen LogP contribution in [0.1, 0.15) is 5.69 Å². The lowest BCUT2D eigenvalue weighted by atomic mass is 10.1. The van der Waals surface area contributed by atoms with Crippen LogP contribution < -0.4 is 4.74 Å². The predicted octanol–water partition coefficient (Wildman–Crippen LogP) is 4.22. The van der Waals surface area contributed by atoms with Crippen molar-refractivity contribution in [3.05, 3.63) is 53.6 Å². The van der Waals surface area contributed by atoms with Gasteiger partial charge in [-0.15, -0.1) is 5.10 Å². The van der Waals surface area contributed by atoms with Gasteiger partial charge in [-0.25, -0.2) is 15.0 Å². The molecule has 0 aliphatic heterocycles. The number of benzene rings is 1. The molecular weight excluding hydrogens is 422 g/mol. The normalized spacial score (nSPS) is 11.5. The van der Waals surface area contributed by atoms with Crippen LogP contribution in [0.2, 0.25) is 5.15 Å². The van der Waals surface area contributed by atoms with E-state index < -0.39 is 0 Å². The van der Waals surface area contributed by atoms with Gasteiger partial charge in [0.1, 0.15) is 22.1 Å².